The number of hydrogen-bond acceptors (Lipinski definition) is 5. The number of halogens is 1. The highest BCUT2D eigenvalue weighted by Crippen LogP contribution is 2.19. The summed E-state index contributed by atoms with van der Waals surface area (Å²) < 4.78 is 0. The number of nitrogens with zero attached hydrogens (tertiary/aromatic N) is 2. The first-order valence-corrected chi connectivity index (χ1v) is 4.78. The molecule has 1 heterocycles. The molecule has 0 aliphatic rings. The topological polar surface area (TPSA) is 89.5 Å². The molecule has 1 rings (SSSR count). The van der Waals surface area contributed by atoms with E-state index in [2.05, 4.69) is 10.2 Å². The van der Waals surface area contributed by atoms with Crippen LogP contribution in [0.1, 0.15) is 0 Å². The molecule has 7 heteroatoms. The van der Waals surface area contributed by atoms with Crippen molar-refractivity contribution in [1.82, 2.24) is 10.2 Å². The molecule has 0 fully saturated rings. The molecule has 0 unspecified atom stereocenters. The molecule has 15 heavy (non-hydrogen) atoms. The van der Waals surface area contributed by atoms with Gasteiger partial charge >= 0.3 is 0 Å². The van der Waals surface area contributed by atoms with Crippen LogP contribution in [0.15, 0.2) is 11.0 Å². The van der Waals surface area contributed by atoms with Crippen LogP contribution in [-0.4, -0.2) is 46.7 Å². The van der Waals surface area contributed by atoms with Crippen LogP contribution in [0, 0.1) is 0 Å². The number of anilines is 1. The van der Waals surface area contributed by atoms with Crippen LogP contribution in [0.2, 0.25) is 5.02 Å². The summed E-state index contributed by atoms with van der Waals surface area (Å²) in [5.41, 5.74) is -0.0847. The van der Waals surface area contributed by atoms with Gasteiger partial charge in [-0.3, -0.25) is 4.79 Å². The van der Waals surface area contributed by atoms with E-state index in [1.54, 1.807) is 4.90 Å². The Bertz CT molecular complexity index is 362. The molecule has 0 saturated carbocycles. The molecule has 1 aromatic heterocycles. The minimum absolute atomic E-state index is 0.00639. The van der Waals surface area contributed by atoms with Gasteiger partial charge in [0.1, 0.15) is 5.02 Å². The Morgan fingerprint density at radius 1 is 1.40 bits per heavy atom. The predicted octanol–water partition coefficient (Wildman–Crippen LogP) is -0.786. The van der Waals surface area contributed by atoms with Gasteiger partial charge in [0.15, 0.2) is 0 Å². The average molecular weight is 234 g/mol. The highest BCUT2D eigenvalue weighted by Gasteiger charge is 2.12. The van der Waals surface area contributed by atoms with Crippen molar-refractivity contribution in [3.8, 4) is 0 Å². The standard InChI is InChI=1S/C8H12ClN3O3/c9-7-6(5-10-11-8(7)15)12(1-3-13)2-4-14/h5,13-14H,1-4H2,(H,11,15). The molecule has 84 valence electrons. The van der Waals surface area contributed by atoms with Crippen molar-refractivity contribution in [1.29, 1.82) is 0 Å². The molecule has 0 bridgehead atoms. The lowest BCUT2D eigenvalue weighted by molar-refractivity contribution is 0.281. The highest BCUT2D eigenvalue weighted by atomic mass is 35.5. The van der Waals surface area contributed by atoms with Gasteiger partial charge in [0.25, 0.3) is 5.56 Å². The van der Waals surface area contributed by atoms with Crippen LogP contribution in [0.3, 0.4) is 0 Å². The Labute approximate surface area is 91.1 Å². The second kappa shape index (κ2) is 5.69. The van der Waals surface area contributed by atoms with E-state index in [0.29, 0.717) is 5.69 Å². The minimum atomic E-state index is -0.491. The highest BCUT2D eigenvalue weighted by molar-refractivity contribution is 6.32. The summed E-state index contributed by atoms with van der Waals surface area (Å²) in [6.45, 7) is 0.378. The van der Waals surface area contributed by atoms with Crippen LogP contribution < -0.4 is 10.5 Å². The molecule has 0 radical (unpaired) electrons. The van der Waals surface area contributed by atoms with E-state index in [1.807, 2.05) is 0 Å². The zero-order chi connectivity index (χ0) is 11.3. The number of H-pyrrole nitrogens is 1. The first-order valence-electron chi connectivity index (χ1n) is 4.40. The van der Waals surface area contributed by atoms with E-state index in [0.717, 1.165) is 0 Å². The maximum Gasteiger partial charge on any atom is 0.285 e. The zero-order valence-corrected chi connectivity index (χ0v) is 8.74. The maximum absolute atomic E-state index is 11.2. The third-order valence-corrected chi connectivity index (χ3v) is 2.22. The molecular formula is C8H12ClN3O3. The van der Waals surface area contributed by atoms with Gasteiger partial charge in [-0.05, 0) is 0 Å². The predicted molar refractivity (Wildman–Crippen MR) is 56.3 cm³/mol. The van der Waals surface area contributed by atoms with Gasteiger partial charge in [0.05, 0.1) is 25.1 Å². The van der Waals surface area contributed by atoms with E-state index in [1.165, 1.54) is 6.20 Å². The number of rotatable bonds is 5. The SMILES string of the molecule is O=c1[nH]ncc(N(CCO)CCO)c1Cl. The molecule has 0 saturated heterocycles. The summed E-state index contributed by atoms with van der Waals surface area (Å²) in [5.74, 6) is 0. The van der Waals surface area contributed by atoms with E-state index < -0.39 is 5.56 Å². The van der Waals surface area contributed by atoms with Crippen LogP contribution in [-0.2, 0) is 0 Å². The Balaban J connectivity index is 2.99. The van der Waals surface area contributed by atoms with Crippen molar-refractivity contribution in [2.24, 2.45) is 0 Å². The third kappa shape index (κ3) is 2.92. The summed E-state index contributed by atoms with van der Waals surface area (Å²) in [4.78, 5) is 12.7. The first kappa shape index (κ1) is 12.0. The van der Waals surface area contributed by atoms with Crippen molar-refractivity contribution in [2.75, 3.05) is 31.2 Å². The van der Waals surface area contributed by atoms with Gasteiger partial charge in [-0.15, -0.1) is 0 Å². The smallest absolute Gasteiger partial charge is 0.285 e. The molecular weight excluding hydrogens is 222 g/mol. The monoisotopic (exact) mass is 233 g/mol. The van der Waals surface area contributed by atoms with Crippen LogP contribution in [0.4, 0.5) is 5.69 Å². The molecule has 0 aliphatic heterocycles. The summed E-state index contributed by atoms with van der Waals surface area (Å²) in [6.07, 6.45) is 1.38. The molecule has 0 atom stereocenters. The Morgan fingerprint density at radius 3 is 2.53 bits per heavy atom. The van der Waals surface area contributed by atoms with E-state index in [4.69, 9.17) is 21.8 Å². The van der Waals surface area contributed by atoms with E-state index >= 15 is 0 Å². The van der Waals surface area contributed by atoms with E-state index in [-0.39, 0.29) is 31.3 Å². The lowest BCUT2D eigenvalue weighted by Crippen LogP contribution is -2.31. The fourth-order valence-electron chi connectivity index (χ4n) is 1.19. The summed E-state index contributed by atoms with van der Waals surface area (Å²) >= 11 is 5.77. The first-order chi connectivity index (χ1) is 7.20. The maximum atomic E-state index is 11.2. The fraction of sp³-hybridized carbons (Fsp3) is 0.500. The molecule has 0 aromatic carbocycles. The number of hydrogen-bond donors (Lipinski definition) is 3. The largest absolute Gasteiger partial charge is 0.395 e. The third-order valence-electron chi connectivity index (χ3n) is 1.86. The van der Waals surface area contributed by atoms with Gasteiger partial charge in [0, 0.05) is 13.1 Å². The number of aromatic nitrogens is 2. The van der Waals surface area contributed by atoms with Gasteiger partial charge in [0.2, 0.25) is 0 Å². The second-order valence-electron chi connectivity index (χ2n) is 2.83. The van der Waals surface area contributed by atoms with Gasteiger partial charge in [-0.2, -0.15) is 5.10 Å². The number of nitrogens with one attached hydrogen (secondary N) is 1. The minimum Gasteiger partial charge on any atom is -0.395 e. The molecule has 0 spiro atoms. The summed E-state index contributed by atoms with van der Waals surface area (Å²) in [7, 11) is 0. The fourth-order valence-corrected chi connectivity index (χ4v) is 1.40. The van der Waals surface area contributed by atoms with E-state index in [9.17, 15) is 4.79 Å². The molecule has 0 aliphatic carbocycles. The quantitative estimate of drug-likeness (QED) is 0.621. The normalized spacial score (nSPS) is 10.3. The number of aliphatic hydroxyl groups excluding tert-OH is 2. The molecule has 1 aromatic rings. The summed E-state index contributed by atoms with van der Waals surface area (Å²) in [6, 6.07) is 0. The van der Waals surface area contributed by atoms with Crippen molar-refractivity contribution in [2.45, 2.75) is 0 Å². The summed E-state index contributed by atoms with van der Waals surface area (Å²) in [5, 5.41) is 23.4. The number of aliphatic hydroxyl groups is 2. The van der Waals surface area contributed by atoms with Gasteiger partial charge in [-0.1, -0.05) is 11.6 Å². The average Bonchev–Trinajstić information content (AvgIpc) is 2.22. The van der Waals surface area contributed by atoms with Crippen LogP contribution in [0.25, 0.3) is 0 Å². The molecule has 6 nitrogen and oxygen atoms in total. The second-order valence-corrected chi connectivity index (χ2v) is 3.21. The van der Waals surface area contributed by atoms with Crippen molar-refractivity contribution in [3.05, 3.63) is 21.6 Å². The van der Waals surface area contributed by atoms with Crippen LogP contribution in [0.5, 0.6) is 0 Å². The Kier molecular flexibility index (Phi) is 4.54. The lowest BCUT2D eigenvalue weighted by atomic mass is 10.3. The van der Waals surface area contributed by atoms with Gasteiger partial charge in [-0.25, -0.2) is 5.10 Å². The van der Waals surface area contributed by atoms with Gasteiger partial charge < -0.3 is 15.1 Å². The van der Waals surface area contributed by atoms with Crippen LogP contribution >= 0.6 is 11.6 Å². The number of aromatic amines is 1. The molecule has 3 N–H and O–H groups in total. The van der Waals surface area contributed by atoms with Crippen molar-refractivity contribution >= 4 is 17.3 Å². The Hall–Kier alpha value is -1.11. The lowest BCUT2D eigenvalue weighted by Gasteiger charge is -2.22. The molecule has 0 amide bonds. The van der Waals surface area contributed by atoms with Crippen molar-refractivity contribution < 1.29 is 10.2 Å². The Morgan fingerprint density at radius 2 is 2.00 bits per heavy atom. The van der Waals surface area contributed by atoms with Crippen molar-refractivity contribution in [3.63, 3.8) is 0 Å². The zero-order valence-electron chi connectivity index (χ0n) is 7.98.